The van der Waals surface area contributed by atoms with E-state index in [0.717, 1.165) is 22.4 Å². The average Bonchev–Trinajstić information content (AvgIpc) is 2.77. The summed E-state index contributed by atoms with van der Waals surface area (Å²) in [5.41, 5.74) is 4.34. The van der Waals surface area contributed by atoms with Gasteiger partial charge in [-0.2, -0.15) is 0 Å². The molecule has 29 heavy (non-hydrogen) atoms. The molecule has 0 atom stereocenters. The molecule has 0 unspecified atom stereocenters. The van der Waals surface area contributed by atoms with Crippen LogP contribution in [0.2, 0.25) is 0 Å². The highest BCUT2D eigenvalue weighted by Gasteiger charge is 2.14. The van der Waals surface area contributed by atoms with Crippen molar-refractivity contribution in [2.24, 2.45) is 0 Å². The number of nitrogens with zero attached hydrogens (tertiary/aromatic N) is 1. The molecule has 0 heterocycles. The summed E-state index contributed by atoms with van der Waals surface area (Å²) in [4.78, 5) is 26.3. The van der Waals surface area contributed by atoms with Gasteiger partial charge in [-0.05, 0) is 48.4 Å². The highest BCUT2D eigenvalue weighted by molar-refractivity contribution is 6.03. The number of esters is 1. The fraction of sp³-hybridized carbons (Fsp3) is 0.120. The van der Waals surface area contributed by atoms with Crippen molar-refractivity contribution in [3.8, 4) is 0 Å². The Morgan fingerprint density at radius 3 is 2.17 bits per heavy atom. The Bertz CT molecular complexity index is 991. The van der Waals surface area contributed by atoms with E-state index in [1.54, 1.807) is 41.3 Å². The van der Waals surface area contributed by atoms with Gasteiger partial charge >= 0.3 is 5.97 Å². The third kappa shape index (κ3) is 5.42. The van der Waals surface area contributed by atoms with Crippen LogP contribution in [0.1, 0.15) is 27.0 Å². The van der Waals surface area contributed by atoms with E-state index in [1.165, 1.54) is 7.11 Å². The van der Waals surface area contributed by atoms with Crippen molar-refractivity contribution in [2.45, 2.75) is 13.5 Å². The molecule has 0 radical (unpaired) electrons. The van der Waals surface area contributed by atoms with Crippen LogP contribution in [0.15, 0.2) is 84.9 Å². The van der Waals surface area contributed by atoms with Gasteiger partial charge in [-0.25, -0.2) is 4.79 Å². The molecule has 3 aromatic carbocycles. The molecule has 0 saturated heterocycles. The lowest BCUT2D eigenvalue weighted by Crippen LogP contribution is -2.28. The zero-order valence-corrected chi connectivity index (χ0v) is 16.5. The van der Waals surface area contributed by atoms with Crippen LogP contribution in [-0.2, 0) is 16.1 Å². The van der Waals surface area contributed by atoms with E-state index in [9.17, 15) is 9.59 Å². The Morgan fingerprint density at radius 2 is 1.55 bits per heavy atom. The number of hydrogen-bond donors (Lipinski definition) is 0. The molecule has 3 rings (SSSR count). The number of anilines is 1. The summed E-state index contributed by atoms with van der Waals surface area (Å²) in [5.74, 6) is -0.500. The normalized spacial score (nSPS) is 10.7. The summed E-state index contributed by atoms with van der Waals surface area (Å²) in [6.45, 7) is 2.50. The smallest absolute Gasteiger partial charge is 0.337 e. The lowest BCUT2D eigenvalue weighted by atomic mass is 10.1. The van der Waals surface area contributed by atoms with Crippen molar-refractivity contribution in [2.75, 3.05) is 12.0 Å². The molecule has 1 amide bonds. The minimum atomic E-state index is -0.384. The van der Waals surface area contributed by atoms with E-state index >= 15 is 0 Å². The number of ether oxygens (including phenoxy) is 1. The molecule has 3 aromatic rings. The van der Waals surface area contributed by atoms with E-state index in [2.05, 4.69) is 0 Å². The van der Waals surface area contributed by atoms with Crippen LogP contribution in [0, 0.1) is 6.92 Å². The maximum atomic E-state index is 13.0. The molecule has 0 N–H and O–H groups in total. The first-order valence-corrected chi connectivity index (χ1v) is 9.35. The Morgan fingerprint density at radius 1 is 0.897 bits per heavy atom. The van der Waals surface area contributed by atoms with Gasteiger partial charge < -0.3 is 9.64 Å². The Hall–Kier alpha value is -3.66. The maximum absolute atomic E-state index is 13.0. The van der Waals surface area contributed by atoms with Crippen molar-refractivity contribution >= 4 is 23.6 Å². The summed E-state index contributed by atoms with van der Waals surface area (Å²) in [7, 11) is 1.35. The Kier molecular flexibility index (Phi) is 6.59. The van der Waals surface area contributed by atoms with Crippen LogP contribution >= 0.6 is 0 Å². The molecular weight excluding hydrogens is 362 g/mol. The predicted molar refractivity (Wildman–Crippen MR) is 116 cm³/mol. The summed E-state index contributed by atoms with van der Waals surface area (Å²) in [6, 6.07) is 24.7. The molecular formula is C25H23NO3. The third-order valence-electron chi connectivity index (χ3n) is 4.55. The molecule has 0 spiro atoms. The van der Waals surface area contributed by atoms with Gasteiger partial charge in [0.05, 0.1) is 19.2 Å². The zero-order chi connectivity index (χ0) is 20.6. The standard InChI is InChI=1S/C25H23NO3/c1-19-8-15-23(16-9-19)26(18-21-6-4-3-5-7-21)24(27)17-12-20-10-13-22(14-11-20)25(28)29-2/h3-17H,18H2,1-2H3/b17-12+. The first-order valence-electron chi connectivity index (χ1n) is 9.35. The van der Waals surface area contributed by atoms with E-state index in [4.69, 9.17) is 4.74 Å². The first kappa shape index (κ1) is 20.1. The van der Waals surface area contributed by atoms with E-state index in [0.29, 0.717) is 12.1 Å². The second-order valence-corrected chi connectivity index (χ2v) is 6.69. The summed E-state index contributed by atoms with van der Waals surface area (Å²) in [6.07, 6.45) is 3.30. The van der Waals surface area contributed by atoms with Gasteiger partial charge in [0, 0.05) is 11.8 Å². The Labute approximate surface area is 171 Å². The van der Waals surface area contributed by atoms with E-state index in [-0.39, 0.29) is 11.9 Å². The van der Waals surface area contributed by atoms with Gasteiger partial charge in [-0.3, -0.25) is 4.79 Å². The van der Waals surface area contributed by atoms with Crippen molar-refractivity contribution in [1.82, 2.24) is 0 Å². The van der Waals surface area contributed by atoms with Crippen molar-refractivity contribution < 1.29 is 14.3 Å². The maximum Gasteiger partial charge on any atom is 0.337 e. The molecule has 4 nitrogen and oxygen atoms in total. The fourth-order valence-electron chi connectivity index (χ4n) is 2.89. The minimum absolute atomic E-state index is 0.116. The van der Waals surface area contributed by atoms with Crippen LogP contribution < -0.4 is 4.90 Å². The van der Waals surface area contributed by atoms with Crippen LogP contribution in [0.5, 0.6) is 0 Å². The summed E-state index contributed by atoms with van der Waals surface area (Å²) < 4.78 is 4.70. The highest BCUT2D eigenvalue weighted by atomic mass is 16.5. The minimum Gasteiger partial charge on any atom is -0.465 e. The number of carbonyl (C=O) groups is 2. The van der Waals surface area contributed by atoms with E-state index in [1.807, 2.05) is 61.5 Å². The highest BCUT2D eigenvalue weighted by Crippen LogP contribution is 2.19. The van der Waals surface area contributed by atoms with Crippen LogP contribution in [0.3, 0.4) is 0 Å². The molecule has 0 bridgehead atoms. The summed E-state index contributed by atoms with van der Waals surface area (Å²) >= 11 is 0. The van der Waals surface area contributed by atoms with Crippen molar-refractivity contribution in [3.05, 3.63) is 107 Å². The number of methoxy groups -OCH3 is 1. The first-order chi connectivity index (χ1) is 14.1. The molecule has 0 saturated carbocycles. The Balaban J connectivity index is 1.81. The quantitative estimate of drug-likeness (QED) is 0.442. The van der Waals surface area contributed by atoms with Crippen molar-refractivity contribution in [1.29, 1.82) is 0 Å². The average molecular weight is 385 g/mol. The van der Waals surface area contributed by atoms with E-state index < -0.39 is 0 Å². The van der Waals surface area contributed by atoms with Crippen LogP contribution in [-0.4, -0.2) is 19.0 Å². The third-order valence-corrected chi connectivity index (χ3v) is 4.55. The van der Waals surface area contributed by atoms with Gasteiger partial charge in [0.15, 0.2) is 0 Å². The largest absolute Gasteiger partial charge is 0.465 e. The fourth-order valence-corrected chi connectivity index (χ4v) is 2.89. The summed E-state index contributed by atoms with van der Waals surface area (Å²) in [5, 5.41) is 0. The zero-order valence-electron chi connectivity index (χ0n) is 16.5. The number of benzene rings is 3. The van der Waals surface area contributed by atoms with Crippen molar-refractivity contribution in [3.63, 3.8) is 0 Å². The van der Waals surface area contributed by atoms with Gasteiger partial charge in [0.2, 0.25) is 0 Å². The van der Waals surface area contributed by atoms with Gasteiger partial charge in [0.1, 0.15) is 0 Å². The van der Waals surface area contributed by atoms with Crippen LogP contribution in [0.4, 0.5) is 5.69 Å². The number of rotatable bonds is 6. The molecule has 4 heteroatoms. The number of aryl methyl sites for hydroxylation is 1. The second-order valence-electron chi connectivity index (χ2n) is 6.69. The predicted octanol–water partition coefficient (Wildman–Crippen LogP) is 5.03. The monoisotopic (exact) mass is 385 g/mol. The topological polar surface area (TPSA) is 46.6 Å². The lowest BCUT2D eigenvalue weighted by molar-refractivity contribution is -0.114. The van der Waals surface area contributed by atoms with Gasteiger partial charge in [-0.1, -0.05) is 60.2 Å². The second kappa shape index (κ2) is 9.51. The SMILES string of the molecule is COC(=O)c1ccc(/C=C/C(=O)N(Cc2ccccc2)c2ccc(C)cc2)cc1. The number of amides is 1. The molecule has 0 fully saturated rings. The molecule has 146 valence electrons. The molecule has 0 aliphatic carbocycles. The molecule has 0 aromatic heterocycles. The number of carbonyl (C=O) groups excluding carboxylic acids is 2. The molecule has 0 aliphatic rings. The lowest BCUT2D eigenvalue weighted by Gasteiger charge is -2.22. The van der Waals surface area contributed by atoms with Gasteiger partial charge in [-0.15, -0.1) is 0 Å². The number of hydrogen-bond acceptors (Lipinski definition) is 3. The molecule has 0 aliphatic heterocycles. The van der Waals surface area contributed by atoms with Gasteiger partial charge in [0.25, 0.3) is 5.91 Å². The van der Waals surface area contributed by atoms with Crippen LogP contribution in [0.25, 0.3) is 6.08 Å².